The molecule has 0 bridgehead atoms. The van der Waals surface area contributed by atoms with Crippen molar-refractivity contribution in [3.63, 3.8) is 0 Å². The number of hydrogen-bond acceptors (Lipinski definition) is 3. The maximum absolute atomic E-state index is 5.93. The molecule has 0 aromatic carbocycles. The fourth-order valence-electron chi connectivity index (χ4n) is 1.75. The second-order valence-electron chi connectivity index (χ2n) is 3.92. The van der Waals surface area contributed by atoms with E-state index in [-0.39, 0.29) is 0 Å². The van der Waals surface area contributed by atoms with Crippen molar-refractivity contribution in [2.24, 2.45) is 0 Å². The van der Waals surface area contributed by atoms with Gasteiger partial charge in [-0.05, 0) is 37.7 Å². The van der Waals surface area contributed by atoms with Gasteiger partial charge in [0.15, 0.2) is 0 Å². The maximum Gasteiger partial charge on any atom is 0.0931 e. The van der Waals surface area contributed by atoms with Gasteiger partial charge in [0.25, 0.3) is 0 Å². The third-order valence-corrected chi connectivity index (χ3v) is 3.92. The first-order chi connectivity index (χ1) is 8.28. The lowest BCUT2D eigenvalue weighted by Gasteiger charge is -2.14. The Morgan fingerprint density at radius 1 is 1.29 bits per heavy atom. The van der Waals surface area contributed by atoms with E-state index in [1.54, 1.807) is 11.3 Å². The van der Waals surface area contributed by atoms with Crippen LogP contribution in [0.15, 0.2) is 36.5 Å². The molecule has 2 heterocycles. The largest absolute Gasteiger partial charge is 0.316 e. The molecular weight excluding hydrogens is 252 g/mol. The van der Waals surface area contributed by atoms with E-state index in [1.165, 1.54) is 4.88 Å². The first-order valence-electron chi connectivity index (χ1n) is 5.59. The van der Waals surface area contributed by atoms with Crippen molar-refractivity contribution in [2.75, 3.05) is 7.05 Å². The third kappa shape index (κ3) is 3.80. The van der Waals surface area contributed by atoms with Crippen LogP contribution in [0.25, 0.3) is 0 Å². The molecule has 0 aliphatic rings. The van der Waals surface area contributed by atoms with Crippen LogP contribution >= 0.6 is 22.9 Å². The summed E-state index contributed by atoms with van der Waals surface area (Å²) >= 11 is 7.58. The molecule has 0 spiro atoms. The Balaban J connectivity index is 1.98. The quantitative estimate of drug-likeness (QED) is 0.899. The van der Waals surface area contributed by atoms with Crippen LogP contribution < -0.4 is 5.32 Å². The molecule has 1 atom stereocenters. The summed E-state index contributed by atoms with van der Waals surface area (Å²) in [6, 6.07) is 10.5. The van der Waals surface area contributed by atoms with E-state index in [2.05, 4.69) is 22.4 Å². The summed E-state index contributed by atoms with van der Waals surface area (Å²) in [6.07, 6.45) is 3.77. The molecule has 2 nitrogen and oxygen atoms in total. The standard InChI is InChI=1S/C13H15ClN2S/c1-15-11(8-10-4-2-3-7-16-10)9-12-5-6-13(14)17-12/h2-7,11,15H,8-9H2,1H3. The summed E-state index contributed by atoms with van der Waals surface area (Å²) in [4.78, 5) is 5.66. The van der Waals surface area contributed by atoms with Gasteiger partial charge in [0.1, 0.15) is 0 Å². The molecule has 0 saturated heterocycles. The number of likely N-dealkylation sites (N-methyl/N-ethyl adjacent to an activating group) is 1. The molecule has 4 heteroatoms. The van der Waals surface area contributed by atoms with Crippen molar-refractivity contribution in [1.82, 2.24) is 10.3 Å². The number of aromatic nitrogens is 1. The molecule has 17 heavy (non-hydrogen) atoms. The van der Waals surface area contributed by atoms with Crippen molar-refractivity contribution in [3.8, 4) is 0 Å². The summed E-state index contributed by atoms with van der Waals surface area (Å²) in [5.74, 6) is 0. The zero-order chi connectivity index (χ0) is 12.1. The average molecular weight is 267 g/mol. The minimum absolute atomic E-state index is 0.402. The van der Waals surface area contributed by atoms with Gasteiger partial charge in [-0.15, -0.1) is 11.3 Å². The second-order valence-corrected chi connectivity index (χ2v) is 5.72. The summed E-state index contributed by atoms with van der Waals surface area (Å²) < 4.78 is 0.854. The van der Waals surface area contributed by atoms with E-state index in [9.17, 15) is 0 Å². The number of rotatable bonds is 5. The van der Waals surface area contributed by atoms with Gasteiger partial charge < -0.3 is 5.32 Å². The van der Waals surface area contributed by atoms with E-state index in [4.69, 9.17) is 11.6 Å². The summed E-state index contributed by atoms with van der Waals surface area (Å²) in [5, 5.41) is 3.33. The third-order valence-electron chi connectivity index (χ3n) is 2.67. The lowest BCUT2D eigenvalue weighted by atomic mass is 10.1. The fourth-order valence-corrected chi connectivity index (χ4v) is 2.92. The number of halogens is 1. The number of thiophene rings is 1. The molecule has 0 aliphatic carbocycles. The molecule has 0 amide bonds. The van der Waals surface area contributed by atoms with Crippen molar-refractivity contribution >= 4 is 22.9 Å². The second kappa shape index (κ2) is 6.15. The average Bonchev–Trinajstić information content (AvgIpc) is 2.75. The highest BCUT2D eigenvalue weighted by molar-refractivity contribution is 7.16. The predicted molar refractivity (Wildman–Crippen MR) is 73.8 cm³/mol. The van der Waals surface area contributed by atoms with Gasteiger partial charge in [0, 0.05) is 29.2 Å². The highest BCUT2D eigenvalue weighted by atomic mass is 35.5. The summed E-state index contributed by atoms with van der Waals surface area (Å²) in [5.41, 5.74) is 1.12. The van der Waals surface area contributed by atoms with Crippen LogP contribution in [0.4, 0.5) is 0 Å². The van der Waals surface area contributed by atoms with Crippen LogP contribution in [0.5, 0.6) is 0 Å². The van der Waals surface area contributed by atoms with E-state index in [1.807, 2.05) is 31.4 Å². The predicted octanol–water partition coefficient (Wildman–Crippen LogP) is 3.17. The minimum atomic E-state index is 0.402. The van der Waals surface area contributed by atoms with Crippen molar-refractivity contribution < 1.29 is 0 Å². The lowest BCUT2D eigenvalue weighted by molar-refractivity contribution is 0.554. The molecule has 0 fully saturated rings. The minimum Gasteiger partial charge on any atom is -0.316 e. The van der Waals surface area contributed by atoms with Crippen LogP contribution in [-0.4, -0.2) is 18.1 Å². The van der Waals surface area contributed by atoms with Gasteiger partial charge in [0.2, 0.25) is 0 Å². The van der Waals surface area contributed by atoms with Crippen LogP contribution in [0.1, 0.15) is 10.6 Å². The fraction of sp³-hybridized carbons (Fsp3) is 0.308. The van der Waals surface area contributed by atoms with Crippen molar-refractivity contribution in [1.29, 1.82) is 0 Å². The molecule has 2 aromatic heterocycles. The van der Waals surface area contributed by atoms with E-state index >= 15 is 0 Å². The van der Waals surface area contributed by atoms with Crippen molar-refractivity contribution in [2.45, 2.75) is 18.9 Å². The Morgan fingerprint density at radius 2 is 2.18 bits per heavy atom. The van der Waals surface area contributed by atoms with Crippen LogP contribution in [0.2, 0.25) is 4.34 Å². The maximum atomic E-state index is 5.93. The summed E-state index contributed by atoms with van der Waals surface area (Å²) in [7, 11) is 1.99. The first-order valence-corrected chi connectivity index (χ1v) is 6.79. The van der Waals surface area contributed by atoms with E-state index in [0.29, 0.717) is 6.04 Å². The molecule has 90 valence electrons. The number of hydrogen-bond donors (Lipinski definition) is 1. The van der Waals surface area contributed by atoms with E-state index in [0.717, 1.165) is 22.9 Å². The molecular formula is C13H15ClN2S. The first kappa shape index (κ1) is 12.6. The smallest absolute Gasteiger partial charge is 0.0931 e. The topological polar surface area (TPSA) is 24.9 Å². The molecule has 0 aliphatic heterocycles. The van der Waals surface area contributed by atoms with Gasteiger partial charge in [-0.1, -0.05) is 17.7 Å². The monoisotopic (exact) mass is 266 g/mol. The van der Waals surface area contributed by atoms with Crippen LogP contribution in [-0.2, 0) is 12.8 Å². The Kier molecular flexibility index (Phi) is 4.54. The molecule has 1 N–H and O–H groups in total. The van der Waals surface area contributed by atoms with Gasteiger partial charge in [0.05, 0.1) is 4.34 Å². The summed E-state index contributed by atoms with van der Waals surface area (Å²) in [6.45, 7) is 0. The highest BCUT2D eigenvalue weighted by Crippen LogP contribution is 2.22. The molecule has 1 unspecified atom stereocenters. The Morgan fingerprint density at radius 3 is 2.76 bits per heavy atom. The number of pyridine rings is 1. The van der Waals surface area contributed by atoms with Crippen LogP contribution in [0.3, 0.4) is 0 Å². The van der Waals surface area contributed by atoms with Gasteiger partial charge in [-0.25, -0.2) is 0 Å². The normalized spacial score (nSPS) is 12.6. The van der Waals surface area contributed by atoms with Crippen LogP contribution in [0, 0.1) is 0 Å². The molecule has 0 radical (unpaired) electrons. The Bertz CT molecular complexity index is 455. The Labute approximate surface area is 111 Å². The van der Waals surface area contributed by atoms with Gasteiger partial charge in [-0.2, -0.15) is 0 Å². The SMILES string of the molecule is CNC(Cc1ccccn1)Cc1ccc(Cl)s1. The van der Waals surface area contributed by atoms with E-state index < -0.39 is 0 Å². The zero-order valence-corrected chi connectivity index (χ0v) is 11.3. The van der Waals surface area contributed by atoms with Crippen molar-refractivity contribution in [3.05, 3.63) is 51.4 Å². The number of nitrogens with zero attached hydrogens (tertiary/aromatic N) is 1. The highest BCUT2D eigenvalue weighted by Gasteiger charge is 2.10. The molecule has 0 saturated carbocycles. The molecule has 2 aromatic rings. The lowest BCUT2D eigenvalue weighted by Crippen LogP contribution is -2.29. The Hall–Kier alpha value is -0.900. The number of nitrogens with one attached hydrogen (secondary N) is 1. The zero-order valence-electron chi connectivity index (χ0n) is 9.69. The molecule has 2 rings (SSSR count). The van der Waals surface area contributed by atoms with Gasteiger partial charge >= 0.3 is 0 Å². The van der Waals surface area contributed by atoms with Gasteiger partial charge in [-0.3, -0.25) is 4.98 Å².